The van der Waals surface area contributed by atoms with Crippen LogP contribution in [0.2, 0.25) is 0 Å². The van der Waals surface area contributed by atoms with Crippen LogP contribution in [0.5, 0.6) is 0 Å². The molecule has 1 fully saturated rings. The quantitative estimate of drug-likeness (QED) is 0.874. The number of rotatable bonds is 3. The Labute approximate surface area is 97.6 Å². The topological polar surface area (TPSA) is 64.1 Å². The van der Waals surface area contributed by atoms with E-state index in [4.69, 9.17) is 5.73 Å². The lowest BCUT2D eigenvalue weighted by Gasteiger charge is -2.42. The molecule has 1 saturated carbocycles. The zero-order valence-electron chi connectivity index (χ0n) is 8.78. The number of hydrogen-bond donors (Lipinski definition) is 2. The molecule has 0 amide bonds. The maximum absolute atomic E-state index is 10.4. The second kappa shape index (κ2) is 3.88. The number of aliphatic hydroxyl groups is 1. The number of halogens is 1. The van der Waals surface area contributed by atoms with Gasteiger partial charge in [0.25, 0.3) is 0 Å². The molecule has 1 aromatic rings. The van der Waals surface area contributed by atoms with Crippen LogP contribution in [0.15, 0.2) is 10.7 Å². The van der Waals surface area contributed by atoms with Crippen molar-refractivity contribution in [3.05, 3.63) is 16.4 Å². The van der Waals surface area contributed by atoms with Gasteiger partial charge in [0.15, 0.2) is 0 Å². The first-order chi connectivity index (χ1) is 7.07. The molecular weight excluding hydrogens is 258 g/mol. The molecule has 84 valence electrons. The highest BCUT2D eigenvalue weighted by Crippen LogP contribution is 2.43. The molecule has 0 radical (unpaired) electrons. The summed E-state index contributed by atoms with van der Waals surface area (Å²) in [5.74, 6) is 0. The van der Waals surface area contributed by atoms with Crippen molar-refractivity contribution >= 4 is 15.9 Å². The average Bonchev–Trinajstić information content (AvgIpc) is 2.46. The maximum Gasteiger partial charge on any atom is 0.110 e. The van der Waals surface area contributed by atoms with Gasteiger partial charge >= 0.3 is 0 Å². The minimum atomic E-state index is -0.774. The second-order valence-electron chi connectivity index (χ2n) is 4.26. The van der Waals surface area contributed by atoms with Crippen molar-refractivity contribution in [2.24, 2.45) is 5.73 Å². The van der Waals surface area contributed by atoms with E-state index in [-0.39, 0.29) is 6.04 Å². The van der Waals surface area contributed by atoms with Gasteiger partial charge in [-0.1, -0.05) is 6.92 Å². The number of nitrogens with zero attached hydrogens (tertiary/aromatic N) is 2. The van der Waals surface area contributed by atoms with Crippen molar-refractivity contribution in [1.29, 1.82) is 0 Å². The summed E-state index contributed by atoms with van der Waals surface area (Å²) in [6.45, 7) is 2.93. The first-order valence-corrected chi connectivity index (χ1v) is 6.06. The highest BCUT2D eigenvalue weighted by Gasteiger charge is 2.45. The third-order valence-corrected chi connectivity index (χ3v) is 3.45. The lowest BCUT2D eigenvalue weighted by molar-refractivity contribution is -0.0601. The van der Waals surface area contributed by atoms with Gasteiger partial charge in [0.1, 0.15) is 5.60 Å². The highest BCUT2D eigenvalue weighted by molar-refractivity contribution is 9.10. The molecule has 1 aromatic heterocycles. The first kappa shape index (κ1) is 11.1. The zero-order valence-corrected chi connectivity index (χ0v) is 10.4. The second-order valence-corrected chi connectivity index (χ2v) is 5.12. The summed E-state index contributed by atoms with van der Waals surface area (Å²) in [6.07, 6.45) is 4.00. The maximum atomic E-state index is 10.4. The van der Waals surface area contributed by atoms with Crippen molar-refractivity contribution in [3.8, 4) is 0 Å². The van der Waals surface area contributed by atoms with E-state index in [9.17, 15) is 5.11 Å². The van der Waals surface area contributed by atoms with E-state index in [0.717, 1.165) is 23.1 Å². The molecule has 4 nitrogen and oxygen atoms in total. The predicted octanol–water partition coefficient (Wildman–Crippen LogP) is 1.36. The van der Waals surface area contributed by atoms with Crippen molar-refractivity contribution in [2.45, 2.75) is 44.4 Å². The van der Waals surface area contributed by atoms with Gasteiger partial charge in [0.2, 0.25) is 0 Å². The lowest BCUT2D eigenvalue weighted by Crippen LogP contribution is -2.50. The number of aromatic nitrogens is 2. The van der Waals surface area contributed by atoms with Gasteiger partial charge < -0.3 is 10.8 Å². The van der Waals surface area contributed by atoms with Crippen LogP contribution >= 0.6 is 15.9 Å². The van der Waals surface area contributed by atoms with Crippen molar-refractivity contribution in [3.63, 3.8) is 0 Å². The fraction of sp³-hybridized carbons (Fsp3) is 0.700. The Morgan fingerprint density at radius 1 is 1.73 bits per heavy atom. The van der Waals surface area contributed by atoms with Gasteiger partial charge in [0, 0.05) is 12.6 Å². The molecule has 0 atom stereocenters. The Kier molecular flexibility index (Phi) is 2.87. The van der Waals surface area contributed by atoms with E-state index in [2.05, 4.69) is 28.0 Å². The normalized spacial score (nSPS) is 30.3. The van der Waals surface area contributed by atoms with Crippen LogP contribution in [0.4, 0.5) is 0 Å². The smallest absolute Gasteiger partial charge is 0.110 e. The Balaban J connectivity index is 2.30. The predicted molar refractivity (Wildman–Crippen MR) is 61.3 cm³/mol. The molecule has 0 bridgehead atoms. The monoisotopic (exact) mass is 273 g/mol. The molecule has 0 aliphatic heterocycles. The van der Waals surface area contributed by atoms with Gasteiger partial charge in [-0.3, -0.25) is 4.68 Å². The minimum absolute atomic E-state index is 0.117. The van der Waals surface area contributed by atoms with Crippen molar-refractivity contribution in [1.82, 2.24) is 9.78 Å². The molecular formula is C10H16BrN3O. The minimum Gasteiger partial charge on any atom is -0.383 e. The summed E-state index contributed by atoms with van der Waals surface area (Å²) in [5, 5.41) is 14.6. The molecule has 15 heavy (non-hydrogen) atoms. The van der Waals surface area contributed by atoms with Crippen LogP contribution < -0.4 is 5.73 Å². The summed E-state index contributed by atoms with van der Waals surface area (Å²) < 4.78 is 2.75. The van der Waals surface area contributed by atoms with Crippen LogP contribution in [0.3, 0.4) is 0 Å². The van der Waals surface area contributed by atoms with Crippen LogP contribution in [-0.4, -0.2) is 20.9 Å². The van der Waals surface area contributed by atoms with Gasteiger partial charge in [-0.2, -0.15) is 5.10 Å². The Morgan fingerprint density at radius 3 is 2.93 bits per heavy atom. The Hall–Kier alpha value is -0.390. The fourth-order valence-corrected chi connectivity index (χ4v) is 2.87. The zero-order chi connectivity index (χ0) is 11.1. The first-order valence-electron chi connectivity index (χ1n) is 5.26. The Bertz CT molecular complexity index is 358. The number of aryl methyl sites for hydroxylation is 1. The van der Waals surface area contributed by atoms with E-state index in [1.54, 1.807) is 6.20 Å². The summed E-state index contributed by atoms with van der Waals surface area (Å²) in [5.41, 5.74) is 5.84. The summed E-state index contributed by atoms with van der Waals surface area (Å²) >= 11 is 3.43. The van der Waals surface area contributed by atoms with Crippen LogP contribution in [0.1, 0.15) is 31.9 Å². The molecule has 1 heterocycles. The molecule has 2 rings (SSSR count). The van der Waals surface area contributed by atoms with Gasteiger partial charge in [0.05, 0.1) is 16.4 Å². The number of hydrogen-bond acceptors (Lipinski definition) is 3. The summed E-state index contributed by atoms with van der Waals surface area (Å²) in [4.78, 5) is 0. The molecule has 1 aliphatic rings. The highest BCUT2D eigenvalue weighted by atomic mass is 79.9. The van der Waals surface area contributed by atoms with Crippen LogP contribution in [0, 0.1) is 0 Å². The molecule has 1 aliphatic carbocycles. The Morgan fingerprint density at radius 2 is 2.40 bits per heavy atom. The molecule has 0 saturated heterocycles. The summed E-state index contributed by atoms with van der Waals surface area (Å²) in [7, 11) is 0. The van der Waals surface area contributed by atoms with Gasteiger partial charge in [-0.15, -0.1) is 0 Å². The molecule has 5 heteroatoms. The fourth-order valence-electron chi connectivity index (χ4n) is 2.21. The molecule has 3 N–H and O–H groups in total. The van der Waals surface area contributed by atoms with E-state index >= 15 is 0 Å². The van der Waals surface area contributed by atoms with Gasteiger partial charge in [-0.25, -0.2) is 0 Å². The molecule has 0 spiro atoms. The van der Waals surface area contributed by atoms with Gasteiger partial charge in [-0.05, 0) is 35.2 Å². The number of nitrogens with two attached hydrogens (primary N) is 1. The summed E-state index contributed by atoms with van der Waals surface area (Å²) in [6, 6.07) is 0.117. The van der Waals surface area contributed by atoms with Crippen LogP contribution in [0.25, 0.3) is 0 Å². The van der Waals surface area contributed by atoms with Crippen molar-refractivity contribution < 1.29 is 5.11 Å². The average molecular weight is 274 g/mol. The lowest BCUT2D eigenvalue weighted by atomic mass is 9.74. The largest absolute Gasteiger partial charge is 0.383 e. The van der Waals surface area contributed by atoms with E-state index in [1.165, 1.54) is 0 Å². The van der Waals surface area contributed by atoms with E-state index in [0.29, 0.717) is 12.8 Å². The van der Waals surface area contributed by atoms with Crippen molar-refractivity contribution in [2.75, 3.05) is 0 Å². The standard InChI is InChI=1S/C10H16BrN3O/c1-2-3-14-9(8(11)6-13-14)10(15)4-7(12)5-10/h6-7,15H,2-5,12H2,1H3. The third-order valence-electron chi connectivity index (χ3n) is 2.87. The third kappa shape index (κ3) is 1.84. The van der Waals surface area contributed by atoms with E-state index in [1.807, 2.05) is 4.68 Å². The molecule has 0 aromatic carbocycles. The SMILES string of the molecule is CCCn1ncc(Br)c1C1(O)CC(N)C1. The molecule has 0 unspecified atom stereocenters. The van der Waals surface area contributed by atoms with Crippen LogP contribution in [-0.2, 0) is 12.1 Å². The van der Waals surface area contributed by atoms with E-state index < -0.39 is 5.60 Å².